The van der Waals surface area contributed by atoms with Gasteiger partial charge in [0, 0.05) is 33.7 Å². The van der Waals surface area contributed by atoms with Crippen LogP contribution < -0.4 is 10.9 Å². The molecule has 1 amide bonds. The Bertz CT molecular complexity index is 1530. The highest BCUT2D eigenvalue weighted by atomic mass is 35.5. The number of nitrogens with zero attached hydrogens (tertiary/aromatic N) is 1. The number of fused-ring (bicyclic) bond motifs is 1. The Morgan fingerprint density at radius 1 is 0.972 bits per heavy atom. The molecule has 0 fully saturated rings. The van der Waals surface area contributed by atoms with Crippen LogP contribution in [0.1, 0.15) is 29.4 Å². The predicted molar refractivity (Wildman–Crippen MR) is 144 cm³/mol. The first kappa shape index (κ1) is 25.5. The monoisotopic (exact) mass is 522 g/mol. The van der Waals surface area contributed by atoms with Gasteiger partial charge in [0.05, 0.1) is 0 Å². The number of rotatable bonds is 6. The summed E-state index contributed by atoms with van der Waals surface area (Å²) in [4.78, 5) is 39.7. The van der Waals surface area contributed by atoms with Crippen LogP contribution in [0.3, 0.4) is 0 Å². The molecule has 0 aliphatic heterocycles. The van der Waals surface area contributed by atoms with Gasteiger partial charge in [-0.2, -0.15) is 0 Å². The van der Waals surface area contributed by atoms with Crippen molar-refractivity contribution in [3.8, 4) is 11.1 Å². The molecule has 0 radical (unpaired) electrons. The molecule has 0 saturated carbocycles. The Hall–Kier alpha value is -3.61. The molecule has 1 unspecified atom stereocenters. The topological polar surface area (TPSA) is 77.4 Å². The number of halogens is 2. The third-order valence-corrected chi connectivity index (χ3v) is 6.73. The van der Waals surface area contributed by atoms with Gasteiger partial charge >= 0.3 is 5.97 Å². The fourth-order valence-corrected chi connectivity index (χ4v) is 4.38. The second-order valence-corrected chi connectivity index (χ2v) is 9.19. The summed E-state index contributed by atoms with van der Waals surface area (Å²) in [7, 11) is 1.52. The quantitative estimate of drug-likeness (QED) is 0.297. The molecular formula is C28H24Cl2N2O4. The van der Waals surface area contributed by atoms with Crippen molar-refractivity contribution in [2.75, 3.05) is 5.32 Å². The lowest BCUT2D eigenvalue weighted by molar-refractivity contribution is -0.124. The maximum absolute atomic E-state index is 13.6. The molecule has 8 heteroatoms. The number of carbonyl (C=O) groups excluding carboxylic acids is 2. The number of carbonyl (C=O) groups is 2. The maximum Gasteiger partial charge on any atom is 0.356 e. The standard InChI is InChI=1S/C28H24Cl2N2O4/c1-4-23(26(33)31-22-11-7-10-21(30)16(22)2)36-28(35)25-24(17-12-14-18(29)15-13-17)19-8-5-6-9-20(19)27(34)32(25)3/h5-15,23H,4H2,1-3H3,(H,31,33). The van der Waals surface area contributed by atoms with Crippen molar-refractivity contribution >= 4 is 51.5 Å². The van der Waals surface area contributed by atoms with Gasteiger partial charge in [-0.05, 0) is 60.2 Å². The van der Waals surface area contributed by atoms with E-state index in [0.29, 0.717) is 43.2 Å². The van der Waals surface area contributed by atoms with Crippen LogP contribution >= 0.6 is 23.2 Å². The molecule has 0 bridgehead atoms. The van der Waals surface area contributed by atoms with Crippen LogP contribution in [0.5, 0.6) is 0 Å². The van der Waals surface area contributed by atoms with Crippen molar-refractivity contribution in [2.45, 2.75) is 26.4 Å². The van der Waals surface area contributed by atoms with Crippen LogP contribution in [-0.2, 0) is 16.6 Å². The fraction of sp³-hybridized carbons (Fsp3) is 0.179. The molecule has 4 aromatic rings. The number of hydrogen-bond acceptors (Lipinski definition) is 4. The number of anilines is 1. The molecule has 4 rings (SSSR count). The normalized spacial score (nSPS) is 11.8. The van der Waals surface area contributed by atoms with E-state index in [0.717, 1.165) is 0 Å². The highest BCUT2D eigenvalue weighted by molar-refractivity contribution is 6.32. The summed E-state index contributed by atoms with van der Waals surface area (Å²) in [5, 5.41) is 4.89. The summed E-state index contributed by atoms with van der Waals surface area (Å²) < 4.78 is 6.95. The Kier molecular flexibility index (Phi) is 7.48. The molecule has 184 valence electrons. The Morgan fingerprint density at radius 3 is 2.31 bits per heavy atom. The number of hydrogen-bond donors (Lipinski definition) is 1. The van der Waals surface area contributed by atoms with Gasteiger partial charge in [0.25, 0.3) is 11.5 Å². The summed E-state index contributed by atoms with van der Waals surface area (Å²) in [5.41, 5.74) is 2.15. The number of nitrogens with one attached hydrogen (secondary N) is 1. The molecule has 1 atom stereocenters. The van der Waals surface area contributed by atoms with Crippen molar-refractivity contribution in [1.29, 1.82) is 0 Å². The number of ether oxygens (including phenoxy) is 1. The van der Waals surface area contributed by atoms with Crippen molar-refractivity contribution in [3.63, 3.8) is 0 Å². The van der Waals surface area contributed by atoms with E-state index in [2.05, 4.69) is 5.32 Å². The zero-order valence-corrected chi connectivity index (χ0v) is 21.5. The number of benzene rings is 3. The van der Waals surface area contributed by atoms with Crippen molar-refractivity contribution in [2.24, 2.45) is 7.05 Å². The minimum Gasteiger partial charge on any atom is -0.448 e. The van der Waals surface area contributed by atoms with Crippen LogP contribution in [0.2, 0.25) is 10.0 Å². The highest BCUT2D eigenvalue weighted by Crippen LogP contribution is 2.32. The van der Waals surface area contributed by atoms with Gasteiger partial charge in [0.1, 0.15) is 5.69 Å². The molecule has 1 aromatic heterocycles. The van der Waals surface area contributed by atoms with E-state index < -0.39 is 18.0 Å². The SMILES string of the molecule is CCC(OC(=O)c1c(-c2ccc(Cl)cc2)c2ccccc2c(=O)n1C)C(=O)Nc1cccc(Cl)c1C. The Morgan fingerprint density at radius 2 is 1.64 bits per heavy atom. The first-order valence-electron chi connectivity index (χ1n) is 11.4. The first-order valence-corrected chi connectivity index (χ1v) is 12.1. The average Bonchev–Trinajstić information content (AvgIpc) is 2.87. The van der Waals surface area contributed by atoms with Gasteiger partial charge in [-0.15, -0.1) is 0 Å². The lowest BCUT2D eigenvalue weighted by atomic mass is 9.96. The van der Waals surface area contributed by atoms with E-state index in [1.807, 2.05) is 0 Å². The van der Waals surface area contributed by atoms with Gasteiger partial charge in [0.15, 0.2) is 6.10 Å². The molecule has 1 N–H and O–H groups in total. The van der Waals surface area contributed by atoms with E-state index in [1.165, 1.54) is 11.6 Å². The van der Waals surface area contributed by atoms with Crippen LogP contribution in [0.4, 0.5) is 5.69 Å². The molecule has 3 aromatic carbocycles. The molecule has 1 heterocycles. The van der Waals surface area contributed by atoms with Gasteiger partial charge in [-0.1, -0.05) is 66.5 Å². The van der Waals surface area contributed by atoms with Crippen molar-refractivity contribution in [1.82, 2.24) is 4.57 Å². The lowest BCUT2D eigenvalue weighted by Crippen LogP contribution is -2.34. The van der Waals surface area contributed by atoms with E-state index >= 15 is 0 Å². The minimum absolute atomic E-state index is 0.0474. The number of aromatic nitrogens is 1. The molecular weight excluding hydrogens is 499 g/mol. The molecule has 0 aliphatic rings. The molecule has 0 spiro atoms. The zero-order chi connectivity index (χ0) is 26.0. The maximum atomic E-state index is 13.6. The van der Waals surface area contributed by atoms with Gasteiger partial charge < -0.3 is 14.6 Å². The largest absolute Gasteiger partial charge is 0.448 e. The number of esters is 1. The average molecular weight is 523 g/mol. The summed E-state index contributed by atoms with van der Waals surface area (Å²) in [6.07, 6.45) is -0.856. The smallest absolute Gasteiger partial charge is 0.356 e. The summed E-state index contributed by atoms with van der Waals surface area (Å²) in [6.45, 7) is 3.52. The van der Waals surface area contributed by atoms with Crippen LogP contribution in [0, 0.1) is 6.92 Å². The van der Waals surface area contributed by atoms with E-state index in [9.17, 15) is 14.4 Å². The van der Waals surface area contributed by atoms with Crippen molar-refractivity contribution < 1.29 is 14.3 Å². The minimum atomic E-state index is -1.09. The van der Waals surface area contributed by atoms with E-state index in [1.54, 1.807) is 80.6 Å². The third-order valence-electron chi connectivity index (χ3n) is 6.07. The van der Waals surface area contributed by atoms with E-state index in [4.69, 9.17) is 27.9 Å². The number of pyridine rings is 1. The van der Waals surface area contributed by atoms with Crippen LogP contribution in [0.15, 0.2) is 71.5 Å². The summed E-state index contributed by atoms with van der Waals surface area (Å²) in [5.74, 6) is -1.27. The predicted octanol–water partition coefficient (Wildman–Crippen LogP) is 6.39. The van der Waals surface area contributed by atoms with E-state index in [-0.39, 0.29) is 17.7 Å². The van der Waals surface area contributed by atoms with Crippen LogP contribution in [-0.4, -0.2) is 22.5 Å². The third kappa shape index (κ3) is 4.87. The molecule has 36 heavy (non-hydrogen) atoms. The second-order valence-electron chi connectivity index (χ2n) is 8.34. The van der Waals surface area contributed by atoms with Gasteiger partial charge in [-0.25, -0.2) is 4.79 Å². The van der Waals surface area contributed by atoms with Crippen LogP contribution in [0.25, 0.3) is 21.9 Å². The van der Waals surface area contributed by atoms with Crippen molar-refractivity contribution in [3.05, 3.63) is 98.4 Å². The molecule has 0 aliphatic carbocycles. The molecule has 0 saturated heterocycles. The zero-order valence-electron chi connectivity index (χ0n) is 20.0. The number of amides is 1. The Labute approximate surface area is 218 Å². The first-order chi connectivity index (χ1) is 17.2. The molecule has 6 nitrogen and oxygen atoms in total. The fourth-order valence-electron chi connectivity index (χ4n) is 4.08. The second kappa shape index (κ2) is 10.6. The van der Waals surface area contributed by atoms with Gasteiger partial charge in [0.2, 0.25) is 0 Å². The highest BCUT2D eigenvalue weighted by Gasteiger charge is 2.28. The summed E-state index contributed by atoms with van der Waals surface area (Å²) >= 11 is 12.2. The lowest BCUT2D eigenvalue weighted by Gasteiger charge is -2.20. The van der Waals surface area contributed by atoms with Gasteiger partial charge in [-0.3, -0.25) is 9.59 Å². The summed E-state index contributed by atoms with van der Waals surface area (Å²) in [6, 6.07) is 19.2. The Balaban J connectivity index is 1.76.